The van der Waals surface area contributed by atoms with Crippen molar-refractivity contribution in [3.63, 3.8) is 0 Å². The van der Waals surface area contributed by atoms with Crippen molar-refractivity contribution in [3.05, 3.63) is 58.5 Å². The summed E-state index contributed by atoms with van der Waals surface area (Å²) in [6.07, 6.45) is 3.41. The van der Waals surface area contributed by atoms with Crippen molar-refractivity contribution in [1.29, 1.82) is 0 Å². The molecule has 0 spiro atoms. The van der Waals surface area contributed by atoms with Gasteiger partial charge in [0, 0.05) is 12.1 Å². The minimum Gasteiger partial charge on any atom is -0.347 e. The molecule has 1 N–H and O–H groups in total. The second kappa shape index (κ2) is 5.79. The van der Waals surface area contributed by atoms with Crippen LogP contribution < -0.4 is 10.9 Å². The van der Waals surface area contributed by atoms with Gasteiger partial charge in [0.2, 0.25) is 0 Å². The molecule has 0 radical (unpaired) electrons. The topological polar surface area (TPSA) is 64.0 Å². The SMILES string of the molecule is CC1(C)C2CCC1(C)C(NC(=O)c1ccc(=O)n(-c3ccccc3)n1)C2. The summed E-state index contributed by atoms with van der Waals surface area (Å²) >= 11 is 0. The van der Waals surface area contributed by atoms with Crippen molar-refractivity contribution in [2.75, 3.05) is 0 Å². The fourth-order valence-corrected chi connectivity index (χ4v) is 4.94. The number of amides is 1. The molecule has 1 amide bonds. The number of carbonyl (C=O) groups excluding carboxylic acids is 1. The number of nitrogens with zero attached hydrogens (tertiary/aromatic N) is 2. The van der Waals surface area contributed by atoms with Crippen LogP contribution in [0.5, 0.6) is 0 Å². The van der Waals surface area contributed by atoms with Gasteiger partial charge in [0.25, 0.3) is 11.5 Å². The molecule has 0 saturated heterocycles. The summed E-state index contributed by atoms with van der Waals surface area (Å²) in [5.41, 5.74) is 1.03. The predicted molar refractivity (Wildman–Crippen MR) is 100 cm³/mol. The fourth-order valence-electron chi connectivity index (χ4n) is 4.94. The van der Waals surface area contributed by atoms with Crippen LogP contribution in [0.3, 0.4) is 0 Å². The molecule has 4 rings (SSSR count). The minimum absolute atomic E-state index is 0.112. The van der Waals surface area contributed by atoms with Gasteiger partial charge in [-0.15, -0.1) is 0 Å². The van der Waals surface area contributed by atoms with E-state index in [1.165, 1.54) is 23.2 Å². The molecule has 2 aliphatic rings. The van der Waals surface area contributed by atoms with Gasteiger partial charge in [-0.05, 0) is 54.2 Å². The number of fused-ring (bicyclic) bond motifs is 2. The van der Waals surface area contributed by atoms with E-state index < -0.39 is 0 Å². The normalized spacial score (nSPS) is 28.9. The lowest BCUT2D eigenvalue weighted by Crippen LogP contribution is -2.47. The van der Waals surface area contributed by atoms with Crippen molar-refractivity contribution in [2.24, 2.45) is 16.7 Å². The van der Waals surface area contributed by atoms with Gasteiger partial charge >= 0.3 is 0 Å². The van der Waals surface area contributed by atoms with Gasteiger partial charge in [0.15, 0.2) is 0 Å². The molecule has 26 heavy (non-hydrogen) atoms. The lowest BCUT2D eigenvalue weighted by molar-refractivity contribution is 0.0820. The lowest BCUT2D eigenvalue weighted by atomic mass is 9.69. The van der Waals surface area contributed by atoms with Gasteiger partial charge < -0.3 is 5.32 Å². The van der Waals surface area contributed by atoms with Crippen molar-refractivity contribution in [2.45, 2.75) is 46.1 Å². The average molecular weight is 351 g/mol. The van der Waals surface area contributed by atoms with Crippen LogP contribution >= 0.6 is 0 Å². The maximum atomic E-state index is 12.8. The van der Waals surface area contributed by atoms with Crippen molar-refractivity contribution < 1.29 is 4.79 Å². The smallest absolute Gasteiger partial charge is 0.271 e. The van der Waals surface area contributed by atoms with E-state index in [2.05, 4.69) is 31.2 Å². The van der Waals surface area contributed by atoms with Crippen LogP contribution in [-0.4, -0.2) is 21.7 Å². The van der Waals surface area contributed by atoms with Gasteiger partial charge in [-0.25, -0.2) is 0 Å². The van der Waals surface area contributed by atoms with Gasteiger partial charge in [-0.2, -0.15) is 9.78 Å². The molecular weight excluding hydrogens is 326 g/mol. The Balaban J connectivity index is 1.60. The Morgan fingerprint density at radius 1 is 1.15 bits per heavy atom. The monoisotopic (exact) mass is 351 g/mol. The largest absolute Gasteiger partial charge is 0.347 e. The molecule has 2 bridgehead atoms. The summed E-state index contributed by atoms with van der Waals surface area (Å²) in [5.74, 6) is 0.452. The van der Waals surface area contributed by atoms with Gasteiger partial charge in [0.1, 0.15) is 5.69 Å². The maximum absolute atomic E-state index is 12.8. The number of aromatic nitrogens is 2. The van der Waals surface area contributed by atoms with E-state index in [0.29, 0.717) is 11.6 Å². The number of hydrogen-bond donors (Lipinski definition) is 1. The molecule has 5 nitrogen and oxygen atoms in total. The van der Waals surface area contributed by atoms with E-state index in [1.54, 1.807) is 12.1 Å². The second-order valence-electron chi connectivity index (χ2n) is 8.44. The quantitative estimate of drug-likeness (QED) is 0.924. The van der Waals surface area contributed by atoms with Crippen LogP contribution in [0.2, 0.25) is 0 Å². The number of rotatable bonds is 3. The van der Waals surface area contributed by atoms with Crippen LogP contribution in [0.1, 0.15) is 50.5 Å². The zero-order chi connectivity index (χ0) is 18.5. The number of benzene rings is 1. The zero-order valence-electron chi connectivity index (χ0n) is 15.5. The van der Waals surface area contributed by atoms with E-state index in [1.807, 2.05) is 18.2 Å². The highest BCUT2D eigenvalue weighted by molar-refractivity contribution is 5.92. The maximum Gasteiger partial charge on any atom is 0.271 e. The molecule has 3 unspecified atom stereocenters. The van der Waals surface area contributed by atoms with Crippen LogP contribution in [0.15, 0.2) is 47.3 Å². The first kappa shape index (κ1) is 17.0. The first-order chi connectivity index (χ1) is 12.3. The Hall–Kier alpha value is -2.43. The number of para-hydroxylation sites is 1. The highest BCUT2D eigenvalue weighted by Crippen LogP contribution is 2.65. The average Bonchev–Trinajstić information content (AvgIpc) is 2.96. The Labute approximate surface area is 153 Å². The van der Waals surface area contributed by atoms with Crippen molar-refractivity contribution in [1.82, 2.24) is 15.1 Å². The van der Waals surface area contributed by atoms with Crippen LogP contribution in [0, 0.1) is 16.7 Å². The first-order valence-electron chi connectivity index (χ1n) is 9.29. The van der Waals surface area contributed by atoms with E-state index in [-0.39, 0.29) is 34.0 Å². The Bertz CT molecular complexity index is 903. The molecule has 1 aromatic carbocycles. The molecule has 5 heteroatoms. The summed E-state index contributed by atoms with van der Waals surface area (Å²) in [6.45, 7) is 6.94. The summed E-state index contributed by atoms with van der Waals surface area (Å²) in [7, 11) is 0. The summed E-state index contributed by atoms with van der Waals surface area (Å²) in [5, 5.41) is 7.50. The van der Waals surface area contributed by atoms with Crippen LogP contribution in [0.25, 0.3) is 5.69 Å². The van der Waals surface area contributed by atoms with E-state index in [4.69, 9.17) is 0 Å². The molecule has 2 aromatic rings. The third-order valence-corrected chi connectivity index (χ3v) is 7.13. The number of carbonyl (C=O) groups is 1. The van der Waals surface area contributed by atoms with E-state index in [0.717, 1.165) is 12.8 Å². The highest BCUT2D eigenvalue weighted by Gasteiger charge is 2.61. The standard InChI is InChI=1S/C21H25N3O2/c1-20(2)14-11-12-21(20,3)17(13-14)22-19(26)16-9-10-18(25)24(23-16)15-7-5-4-6-8-15/h4-10,14,17H,11-13H2,1-3H3,(H,22,26). The summed E-state index contributed by atoms with van der Waals surface area (Å²) in [6, 6.07) is 12.2. The Morgan fingerprint density at radius 2 is 1.88 bits per heavy atom. The number of nitrogens with one attached hydrogen (secondary N) is 1. The molecule has 2 fully saturated rings. The second-order valence-corrected chi connectivity index (χ2v) is 8.44. The molecular formula is C21H25N3O2. The Morgan fingerprint density at radius 3 is 2.50 bits per heavy atom. The molecule has 3 atom stereocenters. The van der Waals surface area contributed by atoms with Crippen LogP contribution in [0.4, 0.5) is 0 Å². The fraction of sp³-hybridized carbons (Fsp3) is 0.476. The molecule has 2 aliphatic carbocycles. The summed E-state index contributed by atoms with van der Waals surface area (Å²) < 4.78 is 1.28. The van der Waals surface area contributed by atoms with Gasteiger partial charge in [-0.1, -0.05) is 39.0 Å². The molecule has 2 saturated carbocycles. The highest BCUT2D eigenvalue weighted by atomic mass is 16.2. The zero-order valence-corrected chi connectivity index (χ0v) is 15.5. The molecule has 0 aliphatic heterocycles. The lowest BCUT2D eigenvalue weighted by Gasteiger charge is -2.39. The summed E-state index contributed by atoms with van der Waals surface area (Å²) in [4.78, 5) is 25.0. The van der Waals surface area contributed by atoms with Gasteiger partial charge in [-0.3, -0.25) is 9.59 Å². The Kier molecular flexibility index (Phi) is 3.79. The van der Waals surface area contributed by atoms with Crippen molar-refractivity contribution >= 4 is 5.91 Å². The molecule has 1 aromatic heterocycles. The predicted octanol–water partition coefficient (Wildman–Crippen LogP) is 3.18. The first-order valence-corrected chi connectivity index (χ1v) is 9.29. The van der Waals surface area contributed by atoms with Crippen molar-refractivity contribution in [3.8, 4) is 5.69 Å². The number of hydrogen-bond acceptors (Lipinski definition) is 3. The molecule has 1 heterocycles. The minimum atomic E-state index is -0.249. The van der Waals surface area contributed by atoms with E-state index >= 15 is 0 Å². The third-order valence-electron chi connectivity index (χ3n) is 7.13. The van der Waals surface area contributed by atoms with Crippen LogP contribution in [-0.2, 0) is 0 Å². The van der Waals surface area contributed by atoms with E-state index in [9.17, 15) is 9.59 Å². The third kappa shape index (κ3) is 2.41. The molecule has 136 valence electrons. The van der Waals surface area contributed by atoms with Gasteiger partial charge in [0.05, 0.1) is 5.69 Å².